The van der Waals surface area contributed by atoms with Gasteiger partial charge in [-0.1, -0.05) is 31.7 Å². The Balaban J connectivity index is 2.92. The van der Waals surface area contributed by atoms with Crippen molar-refractivity contribution in [2.24, 2.45) is 0 Å². The molecule has 0 atom stereocenters. The van der Waals surface area contributed by atoms with E-state index in [1.54, 1.807) is 6.08 Å². The molecule has 1 radical (unpaired) electrons. The van der Waals surface area contributed by atoms with Gasteiger partial charge in [-0.15, -0.1) is 0 Å². The first-order valence-corrected chi connectivity index (χ1v) is 2.60. The standard InChI is InChI=1S/C7H11/c1-3-5-7-6-4-2/h1,3,6-7H,4-5H2,2H3. The van der Waals surface area contributed by atoms with Crippen molar-refractivity contribution in [1.29, 1.82) is 0 Å². The summed E-state index contributed by atoms with van der Waals surface area (Å²) in [5, 5.41) is 0. The Morgan fingerprint density at radius 3 is 2.57 bits per heavy atom. The Bertz CT molecular complexity index is 60.4. The summed E-state index contributed by atoms with van der Waals surface area (Å²) in [6.45, 7) is 7.20. The first-order chi connectivity index (χ1) is 3.41. The van der Waals surface area contributed by atoms with E-state index in [1.165, 1.54) is 0 Å². The summed E-state index contributed by atoms with van der Waals surface area (Å²) in [4.78, 5) is 0. The molecule has 0 amide bonds. The Hall–Kier alpha value is -0.520. The molecule has 0 aliphatic rings. The molecule has 0 heterocycles. The van der Waals surface area contributed by atoms with Gasteiger partial charge in [0.05, 0.1) is 0 Å². The smallest absolute Gasteiger partial charge is 0.0166 e. The molecular weight excluding hydrogens is 84.1 g/mol. The van der Waals surface area contributed by atoms with Crippen molar-refractivity contribution in [3.8, 4) is 0 Å². The lowest BCUT2D eigenvalue weighted by Gasteiger charge is -1.74. The molecule has 0 aliphatic carbocycles. The normalized spacial score (nSPS) is 9.86. The van der Waals surface area contributed by atoms with E-state index in [4.69, 9.17) is 6.58 Å². The fourth-order valence-corrected chi connectivity index (χ4v) is 0.341. The van der Waals surface area contributed by atoms with Crippen LogP contribution in [0.3, 0.4) is 0 Å². The van der Waals surface area contributed by atoms with E-state index in [0.717, 1.165) is 12.8 Å². The number of hydrogen-bond donors (Lipinski definition) is 0. The highest BCUT2D eigenvalue weighted by Gasteiger charge is 1.63. The van der Waals surface area contributed by atoms with E-state index in [1.807, 2.05) is 0 Å². The van der Waals surface area contributed by atoms with Gasteiger partial charge in [-0.3, -0.25) is 0 Å². The van der Waals surface area contributed by atoms with Crippen molar-refractivity contribution in [3.05, 3.63) is 24.8 Å². The summed E-state index contributed by atoms with van der Waals surface area (Å²) >= 11 is 0. The maximum absolute atomic E-state index is 5.09. The molecule has 0 bridgehead atoms. The zero-order chi connectivity index (χ0) is 5.54. The predicted molar refractivity (Wildman–Crippen MR) is 32.9 cm³/mol. The van der Waals surface area contributed by atoms with Crippen molar-refractivity contribution >= 4 is 0 Å². The third-order valence-corrected chi connectivity index (χ3v) is 0.675. The molecular formula is C7H11. The predicted octanol–water partition coefficient (Wildman–Crippen LogP) is 2.33. The van der Waals surface area contributed by atoms with Crippen LogP contribution in [0.25, 0.3) is 0 Å². The van der Waals surface area contributed by atoms with Gasteiger partial charge >= 0.3 is 0 Å². The van der Waals surface area contributed by atoms with Gasteiger partial charge in [0.1, 0.15) is 0 Å². The molecule has 0 N–H and O–H groups in total. The van der Waals surface area contributed by atoms with Crippen LogP contribution in [0.15, 0.2) is 18.2 Å². The van der Waals surface area contributed by atoms with E-state index in [-0.39, 0.29) is 0 Å². The molecule has 0 heteroatoms. The molecule has 39 valence electrons. The zero-order valence-corrected chi connectivity index (χ0v) is 4.72. The molecule has 0 rings (SSSR count). The van der Waals surface area contributed by atoms with Crippen LogP contribution < -0.4 is 0 Å². The van der Waals surface area contributed by atoms with Gasteiger partial charge in [0.15, 0.2) is 0 Å². The third kappa shape index (κ3) is 5.48. The quantitative estimate of drug-likeness (QED) is 0.472. The van der Waals surface area contributed by atoms with Crippen LogP contribution in [0.1, 0.15) is 19.8 Å². The average molecular weight is 95.2 g/mol. The number of hydrogen-bond acceptors (Lipinski definition) is 0. The number of allylic oxidation sites excluding steroid dienone is 3. The van der Waals surface area contributed by atoms with Gasteiger partial charge in [0.2, 0.25) is 0 Å². The molecule has 0 aliphatic heterocycles. The summed E-state index contributed by atoms with van der Waals surface area (Å²) in [5.74, 6) is 0. The molecule has 0 aromatic heterocycles. The van der Waals surface area contributed by atoms with Crippen LogP contribution in [-0.2, 0) is 0 Å². The molecule has 0 saturated heterocycles. The van der Waals surface area contributed by atoms with Gasteiger partial charge in [-0.2, -0.15) is 0 Å². The van der Waals surface area contributed by atoms with Crippen molar-refractivity contribution in [2.45, 2.75) is 19.8 Å². The highest BCUT2D eigenvalue weighted by molar-refractivity contribution is 4.85. The molecule has 0 saturated carbocycles. The summed E-state index contributed by atoms with van der Waals surface area (Å²) in [5.41, 5.74) is 0. The molecule has 0 aromatic rings. The van der Waals surface area contributed by atoms with Crippen LogP contribution in [0.5, 0.6) is 0 Å². The Morgan fingerprint density at radius 2 is 2.14 bits per heavy atom. The van der Waals surface area contributed by atoms with E-state index in [0.29, 0.717) is 0 Å². The summed E-state index contributed by atoms with van der Waals surface area (Å²) in [6.07, 6.45) is 7.80. The fraction of sp³-hybridized carbons (Fsp3) is 0.429. The van der Waals surface area contributed by atoms with Crippen molar-refractivity contribution in [3.63, 3.8) is 0 Å². The maximum atomic E-state index is 5.09. The van der Waals surface area contributed by atoms with Gasteiger partial charge in [0, 0.05) is 0 Å². The van der Waals surface area contributed by atoms with Crippen LogP contribution in [-0.4, -0.2) is 0 Å². The monoisotopic (exact) mass is 95.1 g/mol. The molecule has 0 unspecified atom stereocenters. The molecule has 0 nitrogen and oxygen atoms in total. The Labute approximate surface area is 45.5 Å². The fourth-order valence-electron chi connectivity index (χ4n) is 0.341. The Kier molecular flexibility index (Phi) is 5.07. The topological polar surface area (TPSA) is 0 Å². The number of rotatable bonds is 3. The first kappa shape index (κ1) is 6.48. The lowest BCUT2D eigenvalue weighted by Crippen LogP contribution is -1.54. The molecule has 0 aromatic carbocycles. The van der Waals surface area contributed by atoms with Gasteiger partial charge in [0.25, 0.3) is 0 Å². The van der Waals surface area contributed by atoms with Crippen molar-refractivity contribution in [2.75, 3.05) is 0 Å². The maximum Gasteiger partial charge on any atom is -0.0166 e. The highest BCUT2D eigenvalue weighted by atomic mass is 13.7. The van der Waals surface area contributed by atoms with Crippen LogP contribution in [0, 0.1) is 6.58 Å². The zero-order valence-electron chi connectivity index (χ0n) is 4.72. The minimum Gasteiger partial charge on any atom is -0.0885 e. The van der Waals surface area contributed by atoms with Gasteiger partial charge in [-0.05, 0) is 12.8 Å². The van der Waals surface area contributed by atoms with E-state index >= 15 is 0 Å². The van der Waals surface area contributed by atoms with Crippen LogP contribution in [0.4, 0.5) is 0 Å². The summed E-state index contributed by atoms with van der Waals surface area (Å²) in [6, 6.07) is 0. The SMILES string of the molecule is [CH]=CCC=CCC. The molecule has 0 spiro atoms. The first-order valence-electron chi connectivity index (χ1n) is 2.60. The van der Waals surface area contributed by atoms with E-state index < -0.39 is 0 Å². The van der Waals surface area contributed by atoms with E-state index in [9.17, 15) is 0 Å². The molecule has 7 heavy (non-hydrogen) atoms. The third-order valence-electron chi connectivity index (χ3n) is 0.675. The summed E-state index contributed by atoms with van der Waals surface area (Å²) in [7, 11) is 0. The minimum absolute atomic E-state index is 0.897. The highest BCUT2D eigenvalue weighted by Crippen LogP contribution is 1.84. The van der Waals surface area contributed by atoms with Crippen LogP contribution in [0.2, 0.25) is 0 Å². The second kappa shape index (κ2) is 5.48. The lowest BCUT2D eigenvalue weighted by atomic mass is 10.3. The van der Waals surface area contributed by atoms with Crippen molar-refractivity contribution < 1.29 is 0 Å². The van der Waals surface area contributed by atoms with E-state index in [2.05, 4.69) is 19.1 Å². The molecule has 0 fully saturated rings. The van der Waals surface area contributed by atoms with Gasteiger partial charge in [-0.25, -0.2) is 0 Å². The lowest BCUT2D eigenvalue weighted by molar-refractivity contribution is 1.20. The minimum atomic E-state index is 0.897. The second-order valence-corrected chi connectivity index (χ2v) is 1.35. The summed E-state index contributed by atoms with van der Waals surface area (Å²) < 4.78 is 0. The van der Waals surface area contributed by atoms with Crippen LogP contribution >= 0.6 is 0 Å². The second-order valence-electron chi connectivity index (χ2n) is 1.35. The average Bonchev–Trinajstić information content (AvgIpc) is 1.69. The Morgan fingerprint density at radius 1 is 1.43 bits per heavy atom. The van der Waals surface area contributed by atoms with Crippen molar-refractivity contribution in [1.82, 2.24) is 0 Å². The van der Waals surface area contributed by atoms with Gasteiger partial charge < -0.3 is 0 Å². The largest absolute Gasteiger partial charge is 0.0885 e.